The van der Waals surface area contributed by atoms with E-state index in [2.05, 4.69) is 21.3 Å². The maximum absolute atomic E-state index is 13.4. The molecule has 0 aliphatic carbocycles. The van der Waals surface area contributed by atoms with E-state index in [9.17, 15) is 13.6 Å². The van der Waals surface area contributed by atoms with Crippen LogP contribution in [-0.4, -0.2) is 30.3 Å². The van der Waals surface area contributed by atoms with Crippen molar-refractivity contribution in [2.75, 3.05) is 23.8 Å². The predicted molar refractivity (Wildman–Crippen MR) is 111 cm³/mol. The van der Waals surface area contributed by atoms with Crippen LogP contribution in [-0.2, 0) is 11.3 Å². The summed E-state index contributed by atoms with van der Waals surface area (Å²) in [5.74, 6) is -1.98. The number of benzene rings is 2. The van der Waals surface area contributed by atoms with Crippen LogP contribution in [0.4, 0.5) is 20.2 Å². The van der Waals surface area contributed by atoms with E-state index in [1.54, 1.807) is 6.08 Å². The number of aliphatic hydroxyl groups is 1. The molecular formula is C21H23F2N5O2. The van der Waals surface area contributed by atoms with Gasteiger partial charge in [-0.3, -0.25) is 4.79 Å². The number of hydrogen-bond donors (Lipinski definition) is 6. The van der Waals surface area contributed by atoms with Crippen molar-refractivity contribution in [1.82, 2.24) is 10.6 Å². The van der Waals surface area contributed by atoms with Gasteiger partial charge in [0.1, 0.15) is 17.8 Å². The maximum Gasteiger partial charge on any atom is 0.252 e. The highest BCUT2D eigenvalue weighted by Crippen LogP contribution is 2.18. The Balaban J connectivity index is 1.69. The van der Waals surface area contributed by atoms with E-state index >= 15 is 0 Å². The molecule has 0 saturated heterocycles. The average molecular weight is 415 g/mol. The number of carbonyl (C=O) groups excluding carboxylic acids is 1. The largest absolute Gasteiger partial charge is 0.395 e. The van der Waals surface area contributed by atoms with Crippen molar-refractivity contribution in [3.8, 4) is 0 Å². The standard InChI is InChI=1S/C21H23F2N5O2/c22-14-7-13(8-15(23)9-14)11-26-19-10-20(27-12-18(19)21(24)30)28-17-3-1-16(2-4-17)25-5-6-29/h1-4,7-10,12,20,25-29H,5-6,11H2,(H2,24,30). The van der Waals surface area contributed by atoms with E-state index in [-0.39, 0.29) is 24.9 Å². The second-order valence-corrected chi connectivity index (χ2v) is 6.65. The Morgan fingerprint density at radius 2 is 1.73 bits per heavy atom. The first-order chi connectivity index (χ1) is 14.4. The van der Waals surface area contributed by atoms with Gasteiger partial charge in [0.2, 0.25) is 0 Å². The molecule has 1 amide bonds. The molecule has 3 rings (SSSR count). The summed E-state index contributed by atoms with van der Waals surface area (Å²) >= 11 is 0. The lowest BCUT2D eigenvalue weighted by atomic mass is 10.1. The third-order valence-electron chi connectivity index (χ3n) is 4.35. The summed E-state index contributed by atoms with van der Waals surface area (Å²) in [6.45, 7) is 0.622. The van der Waals surface area contributed by atoms with Gasteiger partial charge in [0.05, 0.1) is 12.2 Å². The zero-order chi connectivity index (χ0) is 21.5. The Bertz CT molecular complexity index is 940. The van der Waals surface area contributed by atoms with Crippen molar-refractivity contribution >= 4 is 17.3 Å². The Kier molecular flexibility index (Phi) is 6.87. The molecular weight excluding hydrogens is 392 g/mol. The molecule has 30 heavy (non-hydrogen) atoms. The average Bonchev–Trinajstić information content (AvgIpc) is 2.71. The summed E-state index contributed by atoms with van der Waals surface area (Å²) in [5.41, 5.74) is 8.21. The van der Waals surface area contributed by atoms with Crippen molar-refractivity contribution in [1.29, 1.82) is 0 Å². The number of hydrogen-bond acceptors (Lipinski definition) is 6. The number of primary amides is 1. The molecule has 1 heterocycles. The zero-order valence-corrected chi connectivity index (χ0v) is 16.1. The van der Waals surface area contributed by atoms with Gasteiger partial charge in [-0.05, 0) is 48.0 Å². The summed E-state index contributed by atoms with van der Waals surface area (Å²) in [7, 11) is 0. The number of rotatable bonds is 9. The Hall–Kier alpha value is -3.59. The topological polar surface area (TPSA) is 111 Å². The Morgan fingerprint density at radius 3 is 2.37 bits per heavy atom. The number of carbonyl (C=O) groups is 1. The number of aliphatic hydroxyl groups excluding tert-OH is 1. The van der Waals surface area contributed by atoms with Gasteiger partial charge in [0.25, 0.3) is 5.91 Å². The van der Waals surface area contributed by atoms with Gasteiger partial charge in [-0.1, -0.05) is 0 Å². The third kappa shape index (κ3) is 5.71. The van der Waals surface area contributed by atoms with E-state index in [1.807, 2.05) is 24.3 Å². The number of amides is 1. The van der Waals surface area contributed by atoms with Gasteiger partial charge < -0.3 is 32.1 Å². The fourth-order valence-corrected chi connectivity index (χ4v) is 2.97. The molecule has 158 valence electrons. The molecule has 2 aromatic rings. The molecule has 1 aliphatic heterocycles. The number of halogens is 2. The minimum Gasteiger partial charge on any atom is -0.395 e. The molecule has 7 nitrogen and oxygen atoms in total. The van der Waals surface area contributed by atoms with Crippen molar-refractivity contribution in [2.24, 2.45) is 5.73 Å². The molecule has 0 saturated carbocycles. The summed E-state index contributed by atoms with van der Waals surface area (Å²) in [5, 5.41) is 21.2. The third-order valence-corrected chi connectivity index (χ3v) is 4.35. The van der Waals surface area contributed by atoms with Gasteiger partial charge in [0.15, 0.2) is 0 Å². The van der Waals surface area contributed by atoms with Gasteiger partial charge in [-0.2, -0.15) is 0 Å². The zero-order valence-electron chi connectivity index (χ0n) is 16.1. The quantitative estimate of drug-likeness (QED) is 0.372. The van der Waals surface area contributed by atoms with E-state index in [1.165, 1.54) is 18.3 Å². The summed E-state index contributed by atoms with van der Waals surface area (Å²) in [6.07, 6.45) is 2.87. The highest BCUT2D eigenvalue weighted by atomic mass is 19.1. The summed E-state index contributed by atoms with van der Waals surface area (Å²) in [6, 6.07) is 10.7. The summed E-state index contributed by atoms with van der Waals surface area (Å²) in [4.78, 5) is 11.7. The number of dihydropyridines is 1. The number of anilines is 2. The van der Waals surface area contributed by atoms with Crippen LogP contribution in [0.15, 0.2) is 66.0 Å². The van der Waals surface area contributed by atoms with E-state index in [0.29, 0.717) is 17.8 Å². The van der Waals surface area contributed by atoms with Crippen molar-refractivity contribution in [2.45, 2.75) is 12.7 Å². The van der Waals surface area contributed by atoms with Gasteiger partial charge in [0, 0.05) is 42.4 Å². The molecule has 0 fully saturated rings. The first-order valence-corrected chi connectivity index (χ1v) is 9.33. The normalized spacial score (nSPS) is 15.5. The van der Waals surface area contributed by atoms with Crippen LogP contribution in [0, 0.1) is 11.6 Å². The van der Waals surface area contributed by atoms with Gasteiger partial charge in [-0.25, -0.2) is 8.78 Å². The molecule has 7 N–H and O–H groups in total. The molecule has 9 heteroatoms. The fourth-order valence-electron chi connectivity index (χ4n) is 2.97. The monoisotopic (exact) mass is 415 g/mol. The van der Waals surface area contributed by atoms with Crippen LogP contribution < -0.4 is 27.0 Å². The molecule has 0 spiro atoms. The highest BCUT2D eigenvalue weighted by molar-refractivity contribution is 5.96. The fraction of sp³-hybridized carbons (Fsp3) is 0.190. The molecule has 1 aliphatic rings. The molecule has 0 radical (unpaired) electrons. The second-order valence-electron chi connectivity index (χ2n) is 6.65. The lowest BCUT2D eigenvalue weighted by Gasteiger charge is -2.25. The first kappa shape index (κ1) is 21.1. The minimum atomic E-state index is -0.673. The van der Waals surface area contributed by atoms with Crippen molar-refractivity contribution in [3.05, 3.63) is 83.2 Å². The smallest absolute Gasteiger partial charge is 0.252 e. The van der Waals surface area contributed by atoms with Crippen molar-refractivity contribution < 1.29 is 18.7 Å². The van der Waals surface area contributed by atoms with Crippen molar-refractivity contribution in [3.63, 3.8) is 0 Å². The van der Waals surface area contributed by atoms with E-state index in [0.717, 1.165) is 17.4 Å². The van der Waals surface area contributed by atoms with Crippen LogP contribution in [0.1, 0.15) is 5.56 Å². The van der Waals surface area contributed by atoms with E-state index in [4.69, 9.17) is 10.8 Å². The molecule has 1 unspecified atom stereocenters. The Morgan fingerprint density at radius 1 is 1.07 bits per heavy atom. The SMILES string of the molecule is NC(=O)C1=CNC(Nc2ccc(NCCO)cc2)C=C1NCc1cc(F)cc(F)c1. The Labute approximate surface area is 172 Å². The number of nitrogens with one attached hydrogen (secondary N) is 4. The second kappa shape index (κ2) is 9.75. The molecule has 2 aromatic carbocycles. The van der Waals surface area contributed by atoms with Crippen LogP contribution >= 0.6 is 0 Å². The van der Waals surface area contributed by atoms with Crippen LogP contribution in [0.5, 0.6) is 0 Å². The van der Waals surface area contributed by atoms with Crippen LogP contribution in [0.25, 0.3) is 0 Å². The maximum atomic E-state index is 13.4. The lowest BCUT2D eigenvalue weighted by Crippen LogP contribution is -2.38. The summed E-state index contributed by atoms with van der Waals surface area (Å²) < 4.78 is 26.8. The highest BCUT2D eigenvalue weighted by Gasteiger charge is 2.19. The lowest BCUT2D eigenvalue weighted by molar-refractivity contribution is -0.114. The van der Waals surface area contributed by atoms with Gasteiger partial charge >= 0.3 is 0 Å². The first-order valence-electron chi connectivity index (χ1n) is 9.33. The van der Waals surface area contributed by atoms with Gasteiger partial charge in [-0.15, -0.1) is 0 Å². The van der Waals surface area contributed by atoms with E-state index < -0.39 is 17.5 Å². The van der Waals surface area contributed by atoms with Crippen LogP contribution in [0.3, 0.4) is 0 Å². The molecule has 1 atom stereocenters. The minimum absolute atomic E-state index is 0.0450. The molecule has 0 aromatic heterocycles. The predicted octanol–water partition coefficient (Wildman–Crippen LogP) is 1.75. The van der Waals surface area contributed by atoms with Crippen LogP contribution in [0.2, 0.25) is 0 Å². The number of nitrogens with two attached hydrogens (primary N) is 1. The molecule has 0 bridgehead atoms.